The lowest BCUT2D eigenvalue weighted by Crippen LogP contribution is -2.57. The number of nitrogens with zero attached hydrogens (tertiary/aromatic N) is 2. The molecule has 0 radical (unpaired) electrons. The van der Waals surface area contributed by atoms with Crippen LogP contribution in [-0.4, -0.2) is 53.6 Å². The number of hydrogen-bond donors (Lipinski definition) is 3. The lowest BCUT2D eigenvalue weighted by Gasteiger charge is -2.39. The molecule has 1 saturated heterocycles. The van der Waals surface area contributed by atoms with Crippen molar-refractivity contribution in [3.8, 4) is 16.9 Å². The Bertz CT molecular complexity index is 1170. The van der Waals surface area contributed by atoms with Gasteiger partial charge in [-0.25, -0.2) is 4.98 Å². The number of ether oxygens (including phenoxy) is 1. The van der Waals surface area contributed by atoms with Crippen molar-refractivity contribution >= 4 is 17.4 Å². The number of nitrogens with one attached hydrogen (secondary N) is 3. The zero-order valence-corrected chi connectivity index (χ0v) is 18.5. The van der Waals surface area contributed by atoms with Crippen molar-refractivity contribution in [1.29, 1.82) is 0 Å². The molecule has 3 N–H and O–H groups in total. The van der Waals surface area contributed by atoms with Crippen molar-refractivity contribution in [2.45, 2.75) is 12.5 Å². The molecule has 1 aliphatic heterocycles. The van der Waals surface area contributed by atoms with Gasteiger partial charge in [0.2, 0.25) is 5.91 Å². The lowest BCUT2D eigenvalue weighted by atomic mass is 10.1. The molecule has 0 unspecified atom stereocenters. The molecule has 0 bridgehead atoms. The SMILES string of the molecule is CNc1cc(-c2c[nH]c(=O)c(NC3CN(C(=O)C=CCCOc4ccccc4)C3)c2)ccn1. The van der Waals surface area contributed by atoms with Gasteiger partial charge in [0.1, 0.15) is 17.3 Å². The Balaban J connectivity index is 1.25. The first-order valence-electron chi connectivity index (χ1n) is 10.9. The predicted octanol–water partition coefficient (Wildman–Crippen LogP) is 3.13. The molecule has 3 heterocycles. The molecular weight excluding hydrogens is 418 g/mol. The number of para-hydroxylation sites is 1. The third kappa shape index (κ3) is 5.79. The maximum absolute atomic E-state index is 12.3. The lowest BCUT2D eigenvalue weighted by molar-refractivity contribution is -0.129. The fourth-order valence-corrected chi connectivity index (χ4v) is 3.53. The fraction of sp³-hybridized carbons (Fsp3) is 0.240. The number of carbonyl (C=O) groups is 1. The number of carbonyl (C=O) groups excluding carboxylic acids is 1. The number of benzene rings is 1. The molecule has 1 aliphatic rings. The van der Waals surface area contributed by atoms with Crippen LogP contribution >= 0.6 is 0 Å². The largest absolute Gasteiger partial charge is 0.493 e. The van der Waals surface area contributed by atoms with E-state index in [-0.39, 0.29) is 17.5 Å². The summed E-state index contributed by atoms with van der Waals surface area (Å²) in [6.45, 7) is 1.61. The Labute approximate surface area is 192 Å². The summed E-state index contributed by atoms with van der Waals surface area (Å²) in [6, 6.07) is 15.2. The van der Waals surface area contributed by atoms with Crippen LogP contribution in [0, 0.1) is 0 Å². The second-order valence-corrected chi connectivity index (χ2v) is 7.75. The van der Waals surface area contributed by atoms with Crippen molar-refractivity contribution < 1.29 is 9.53 Å². The molecule has 33 heavy (non-hydrogen) atoms. The van der Waals surface area contributed by atoms with Gasteiger partial charge in [-0.1, -0.05) is 24.3 Å². The first-order chi connectivity index (χ1) is 16.1. The van der Waals surface area contributed by atoms with Gasteiger partial charge in [-0.15, -0.1) is 0 Å². The highest BCUT2D eigenvalue weighted by Gasteiger charge is 2.29. The summed E-state index contributed by atoms with van der Waals surface area (Å²) in [5.74, 6) is 1.53. The number of H-pyrrole nitrogens is 1. The molecule has 2 aromatic heterocycles. The van der Waals surface area contributed by atoms with Crippen LogP contribution in [0.3, 0.4) is 0 Å². The number of hydrogen-bond acceptors (Lipinski definition) is 6. The summed E-state index contributed by atoms with van der Waals surface area (Å²) >= 11 is 0. The highest BCUT2D eigenvalue weighted by Crippen LogP contribution is 2.22. The molecule has 0 atom stereocenters. The van der Waals surface area contributed by atoms with Crippen LogP contribution in [0.5, 0.6) is 5.75 Å². The Morgan fingerprint density at radius 1 is 1.21 bits per heavy atom. The van der Waals surface area contributed by atoms with Crippen molar-refractivity contribution in [3.63, 3.8) is 0 Å². The molecule has 1 aromatic carbocycles. The van der Waals surface area contributed by atoms with Gasteiger partial charge >= 0.3 is 0 Å². The average Bonchev–Trinajstić information content (AvgIpc) is 2.82. The molecule has 1 fully saturated rings. The minimum Gasteiger partial charge on any atom is -0.493 e. The van der Waals surface area contributed by atoms with Gasteiger partial charge < -0.3 is 25.3 Å². The standard InChI is InChI=1S/C25H27N5O3/c1-26-23-14-18(10-11-27-23)19-13-22(25(32)28-15-19)29-20-16-30(17-20)24(31)9-5-6-12-33-21-7-3-2-4-8-21/h2-5,7-11,13-15,20,29H,6,12,16-17H2,1H3,(H,26,27)(H,28,32). The van der Waals surface area contributed by atoms with Crippen LogP contribution in [0.15, 0.2) is 77.9 Å². The van der Waals surface area contributed by atoms with Gasteiger partial charge in [0.15, 0.2) is 0 Å². The number of amides is 1. The zero-order chi connectivity index (χ0) is 23.0. The number of aromatic nitrogens is 2. The summed E-state index contributed by atoms with van der Waals surface area (Å²) in [5, 5.41) is 6.26. The molecule has 8 nitrogen and oxygen atoms in total. The van der Waals surface area contributed by atoms with E-state index in [1.807, 2.05) is 61.7 Å². The Kier molecular flexibility index (Phi) is 7.04. The normalized spacial score (nSPS) is 13.5. The van der Waals surface area contributed by atoms with Gasteiger partial charge in [0, 0.05) is 38.1 Å². The van der Waals surface area contributed by atoms with E-state index in [2.05, 4.69) is 20.6 Å². The number of pyridine rings is 2. The molecule has 170 valence electrons. The van der Waals surface area contributed by atoms with E-state index in [9.17, 15) is 9.59 Å². The fourth-order valence-electron chi connectivity index (χ4n) is 3.53. The van der Waals surface area contributed by atoms with Gasteiger partial charge in [-0.2, -0.15) is 0 Å². The summed E-state index contributed by atoms with van der Waals surface area (Å²) in [6.07, 6.45) is 7.47. The van der Waals surface area contributed by atoms with E-state index >= 15 is 0 Å². The van der Waals surface area contributed by atoms with Crippen LogP contribution in [0.1, 0.15) is 6.42 Å². The number of aromatic amines is 1. The van der Waals surface area contributed by atoms with E-state index in [1.165, 1.54) is 0 Å². The molecular formula is C25H27N5O3. The minimum absolute atomic E-state index is 0.0328. The van der Waals surface area contributed by atoms with Crippen LogP contribution in [0.4, 0.5) is 11.5 Å². The highest BCUT2D eigenvalue weighted by atomic mass is 16.5. The maximum atomic E-state index is 12.3. The molecule has 4 rings (SSSR count). The van der Waals surface area contributed by atoms with Gasteiger partial charge in [-0.3, -0.25) is 9.59 Å². The van der Waals surface area contributed by atoms with Gasteiger partial charge in [-0.05, 0) is 48.4 Å². The van der Waals surface area contributed by atoms with E-state index in [1.54, 1.807) is 23.4 Å². The minimum atomic E-state index is -0.190. The third-order valence-corrected chi connectivity index (χ3v) is 5.36. The van der Waals surface area contributed by atoms with E-state index in [0.717, 1.165) is 22.7 Å². The van der Waals surface area contributed by atoms with E-state index in [4.69, 9.17) is 4.74 Å². The van der Waals surface area contributed by atoms with Crippen molar-refractivity contribution in [3.05, 3.63) is 83.4 Å². The van der Waals surface area contributed by atoms with E-state index < -0.39 is 0 Å². The second-order valence-electron chi connectivity index (χ2n) is 7.75. The Morgan fingerprint density at radius 3 is 2.82 bits per heavy atom. The second kappa shape index (κ2) is 10.5. The smallest absolute Gasteiger partial charge is 0.271 e. The number of anilines is 2. The van der Waals surface area contributed by atoms with Gasteiger partial charge in [0.05, 0.1) is 12.6 Å². The van der Waals surface area contributed by atoms with Crippen LogP contribution in [-0.2, 0) is 4.79 Å². The summed E-state index contributed by atoms with van der Waals surface area (Å²) in [5.41, 5.74) is 2.12. The Morgan fingerprint density at radius 2 is 2.03 bits per heavy atom. The Hall–Kier alpha value is -4.07. The van der Waals surface area contributed by atoms with Crippen LogP contribution < -0.4 is 20.9 Å². The monoisotopic (exact) mass is 445 g/mol. The molecule has 8 heteroatoms. The zero-order valence-electron chi connectivity index (χ0n) is 18.5. The number of likely N-dealkylation sites (tertiary alicyclic amines) is 1. The topological polar surface area (TPSA) is 99.4 Å². The van der Waals surface area contributed by atoms with Crippen molar-refractivity contribution in [2.24, 2.45) is 0 Å². The summed E-state index contributed by atoms with van der Waals surface area (Å²) in [4.78, 5) is 33.3. The molecule has 1 amide bonds. The van der Waals surface area contributed by atoms with E-state index in [0.29, 0.717) is 31.8 Å². The molecule has 3 aromatic rings. The predicted molar refractivity (Wildman–Crippen MR) is 130 cm³/mol. The summed E-state index contributed by atoms with van der Waals surface area (Å²) < 4.78 is 5.61. The average molecular weight is 446 g/mol. The molecule has 0 aliphatic carbocycles. The summed E-state index contributed by atoms with van der Waals surface area (Å²) in [7, 11) is 1.81. The van der Waals surface area contributed by atoms with Crippen molar-refractivity contribution in [2.75, 3.05) is 37.4 Å². The quantitative estimate of drug-likeness (QED) is 0.346. The maximum Gasteiger partial charge on any atom is 0.271 e. The third-order valence-electron chi connectivity index (χ3n) is 5.36. The first-order valence-corrected chi connectivity index (χ1v) is 10.9. The molecule has 0 saturated carbocycles. The first kappa shape index (κ1) is 22.1. The highest BCUT2D eigenvalue weighted by molar-refractivity contribution is 5.88. The van der Waals surface area contributed by atoms with Crippen molar-refractivity contribution in [1.82, 2.24) is 14.9 Å². The number of rotatable bonds is 9. The molecule has 0 spiro atoms. The van der Waals surface area contributed by atoms with Gasteiger partial charge in [0.25, 0.3) is 5.56 Å². The van der Waals surface area contributed by atoms with Crippen LogP contribution in [0.2, 0.25) is 0 Å². The van der Waals surface area contributed by atoms with Crippen LogP contribution in [0.25, 0.3) is 11.1 Å².